The van der Waals surface area contributed by atoms with Crippen molar-refractivity contribution in [2.24, 2.45) is 5.10 Å². The standard InChI is InChI=1S/C6H9N3O2/c1-4-7-8-6(11)3-9(4)5(2)10/h3H2,1-2H3,(H,8,11). The van der Waals surface area contributed by atoms with Crippen LogP contribution in [0.4, 0.5) is 0 Å². The van der Waals surface area contributed by atoms with Gasteiger partial charge in [-0.2, -0.15) is 5.10 Å². The molecular formula is C6H9N3O2. The van der Waals surface area contributed by atoms with E-state index in [0.29, 0.717) is 5.84 Å². The third-order valence-corrected chi connectivity index (χ3v) is 1.41. The fourth-order valence-corrected chi connectivity index (χ4v) is 0.836. The molecule has 11 heavy (non-hydrogen) atoms. The highest BCUT2D eigenvalue weighted by molar-refractivity contribution is 6.01. The molecule has 1 rings (SSSR count). The number of hydrazone groups is 1. The van der Waals surface area contributed by atoms with Crippen LogP contribution in [0.3, 0.4) is 0 Å². The maximum absolute atomic E-state index is 10.8. The molecule has 0 unspecified atom stereocenters. The minimum absolute atomic E-state index is 0.0741. The van der Waals surface area contributed by atoms with Crippen LogP contribution in [0, 0.1) is 0 Å². The van der Waals surface area contributed by atoms with E-state index in [1.807, 2.05) is 0 Å². The zero-order valence-electron chi connectivity index (χ0n) is 6.42. The Kier molecular flexibility index (Phi) is 1.89. The molecule has 0 saturated carbocycles. The lowest BCUT2D eigenvalue weighted by Gasteiger charge is -2.22. The van der Waals surface area contributed by atoms with Gasteiger partial charge in [0.05, 0.1) is 0 Å². The number of amidine groups is 1. The van der Waals surface area contributed by atoms with Gasteiger partial charge in [-0.25, -0.2) is 5.43 Å². The lowest BCUT2D eigenvalue weighted by molar-refractivity contribution is -0.131. The smallest absolute Gasteiger partial charge is 0.260 e. The van der Waals surface area contributed by atoms with Crippen LogP contribution in [-0.2, 0) is 9.59 Å². The van der Waals surface area contributed by atoms with Gasteiger partial charge in [0.25, 0.3) is 5.91 Å². The van der Waals surface area contributed by atoms with Crippen molar-refractivity contribution in [2.45, 2.75) is 13.8 Å². The highest BCUT2D eigenvalue weighted by Gasteiger charge is 2.19. The predicted octanol–water partition coefficient (Wildman–Crippen LogP) is -0.702. The largest absolute Gasteiger partial charge is 0.290 e. The van der Waals surface area contributed by atoms with Gasteiger partial charge >= 0.3 is 0 Å². The van der Waals surface area contributed by atoms with Crippen molar-refractivity contribution in [2.75, 3.05) is 6.54 Å². The molecule has 5 nitrogen and oxygen atoms in total. The first-order valence-electron chi connectivity index (χ1n) is 3.22. The van der Waals surface area contributed by atoms with Crippen molar-refractivity contribution in [1.29, 1.82) is 0 Å². The first-order chi connectivity index (χ1) is 5.11. The Labute approximate surface area is 64.1 Å². The first kappa shape index (κ1) is 7.71. The van der Waals surface area contributed by atoms with Crippen molar-refractivity contribution in [1.82, 2.24) is 10.3 Å². The van der Waals surface area contributed by atoms with Crippen LogP contribution >= 0.6 is 0 Å². The molecule has 0 aromatic heterocycles. The van der Waals surface area contributed by atoms with Gasteiger partial charge in [0, 0.05) is 6.92 Å². The Bertz CT molecular complexity index is 234. The molecule has 0 bridgehead atoms. The van der Waals surface area contributed by atoms with E-state index in [2.05, 4.69) is 10.5 Å². The van der Waals surface area contributed by atoms with Crippen LogP contribution < -0.4 is 5.43 Å². The number of rotatable bonds is 0. The molecule has 0 aliphatic carbocycles. The fourth-order valence-electron chi connectivity index (χ4n) is 0.836. The van der Waals surface area contributed by atoms with Gasteiger partial charge in [-0.05, 0) is 6.92 Å². The van der Waals surface area contributed by atoms with Crippen molar-refractivity contribution in [3.05, 3.63) is 0 Å². The normalized spacial score (nSPS) is 17.5. The molecule has 60 valence electrons. The molecule has 1 N–H and O–H groups in total. The minimum atomic E-state index is -0.259. The Morgan fingerprint density at radius 1 is 1.73 bits per heavy atom. The van der Waals surface area contributed by atoms with E-state index in [1.54, 1.807) is 6.92 Å². The summed E-state index contributed by atoms with van der Waals surface area (Å²) in [6.07, 6.45) is 0. The lowest BCUT2D eigenvalue weighted by atomic mass is 10.4. The maximum Gasteiger partial charge on any atom is 0.260 e. The quantitative estimate of drug-likeness (QED) is 0.502. The molecule has 2 amide bonds. The summed E-state index contributed by atoms with van der Waals surface area (Å²) in [7, 11) is 0. The van der Waals surface area contributed by atoms with Gasteiger partial charge in [0.1, 0.15) is 12.4 Å². The van der Waals surface area contributed by atoms with Crippen LogP contribution in [0.25, 0.3) is 0 Å². The summed E-state index contributed by atoms with van der Waals surface area (Å²) in [6, 6.07) is 0. The molecule has 1 heterocycles. The summed E-state index contributed by atoms with van der Waals surface area (Å²) in [4.78, 5) is 22.8. The van der Waals surface area contributed by atoms with E-state index in [-0.39, 0.29) is 18.4 Å². The van der Waals surface area contributed by atoms with E-state index in [1.165, 1.54) is 11.8 Å². The van der Waals surface area contributed by atoms with Gasteiger partial charge in [-0.15, -0.1) is 0 Å². The predicted molar refractivity (Wildman–Crippen MR) is 38.6 cm³/mol. The highest BCUT2D eigenvalue weighted by atomic mass is 16.2. The van der Waals surface area contributed by atoms with Crippen molar-refractivity contribution >= 4 is 17.6 Å². The molecule has 0 fully saturated rings. The summed E-state index contributed by atoms with van der Waals surface area (Å²) in [5.41, 5.74) is 2.27. The van der Waals surface area contributed by atoms with E-state index in [0.717, 1.165) is 0 Å². The van der Waals surface area contributed by atoms with Gasteiger partial charge in [0.15, 0.2) is 0 Å². The van der Waals surface area contributed by atoms with E-state index >= 15 is 0 Å². The average Bonchev–Trinajstić information content (AvgIpc) is 1.94. The Morgan fingerprint density at radius 2 is 2.36 bits per heavy atom. The zero-order valence-corrected chi connectivity index (χ0v) is 6.42. The van der Waals surface area contributed by atoms with Crippen molar-refractivity contribution < 1.29 is 9.59 Å². The van der Waals surface area contributed by atoms with Crippen LogP contribution in [0.15, 0.2) is 5.10 Å². The van der Waals surface area contributed by atoms with Gasteiger partial charge in [-0.3, -0.25) is 14.5 Å². The number of carbonyl (C=O) groups is 2. The van der Waals surface area contributed by atoms with Crippen LogP contribution in [0.5, 0.6) is 0 Å². The zero-order chi connectivity index (χ0) is 8.43. The molecule has 0 aromatic carbocycles. The number of hydrogen-bond acceptors (Lipinski definition) is 3. The van der Waals surface area contributed by atoms with E-state index in [9.17, 15) is 9.59 Å². The lowest BCUT2D eigenvalue weighted by Crippen LogP contribution is -2.46. The molecule has 0 spiro atoms. The monoisotopic (exact) mass is 155 g/mol. The third kappa shape index (κ3) is 1.54. The summed E-state index contributed by atoms with van der Waals surface area (Å²) in [5, 5.41) is 3.64. The summed E-state index contributed by atoms with van der Waals surface area (Å²) >= 11 is 0. The molecule has 5 heteroatoms. The second-order valence-electron chi connectivity index (χ2n) is 2.30. The molecular weight excluding hydrogens is 146 g/mol. The number of nitrogens with one attached hydrogen (secondary N) is 1. The number of carbonyl (C=O) groups excluding carboxylic acids is 2. The summed E-state index contributed by atoms with van der Waals surface area (Å²) in [5.74, 6) is 0.101. The molecule has 0 aromatic rings. The fraction of sp³-hybridized carbons (Fsp3) is 0.500. The van der Waals surface area contributed by atoms with E-state index in [4.69, 9.17) is 0 Å². The molecule has 0 atom stereocenters. The summed E-state index contributed by atoms with van der Waals surface area (Å²) < 4.78 is 0. The molecule has 0 radical (unpaired) electrons. The Balaban J connectivity index is 2.79. The van der Waals surface area contributed by atoms with Gasteiger partial charge in [-0.1, -0.05) is 0 Å². The van der Waals surface area contributed by atoms with Crippen molar-refractivity contribution in [3.8, 4) is 0 Å². The topological polar surface area (TPSA) is 61.8 Å². The Morgan fingerprint density at radius 3 is 2.82 bits per heavy atom. The molecule has 1 aliphatic rings. The minimum Gasteiger partial charge on any atom is -0.290 e. The van der Waals surface area contributed by atoms with Crippen LogP contribution in [0.2, 0.25) is 0 Å². The van der Waals surface area contributed by atoms with Crippen molar-refractivity contribution in [3.63, 3.8) is 0 Å². The number of amides is 2. The van der Waals surface area contributed by atoms with E-state index < -0.39 is 0 Å². The number of nitrogens with zero attached hydrogens (tertiary/aromatic N) is 2. The Hall–Kier alpha value is -1.39. The highest BCUT2D eigenvalue weighted by Crippen LogP contribution is 1.96. The van der Waals surface area contributed by atoms with Crippen LogP contribution in [-0.4, -0.2) is 29.1 Å². The molecule has 1 aliphatic heterocycles. The third-order valence-electron chi connectivity index (χ3n) is 1.41. The summed E-state index contributed by atoms with van der Waals surface area (Å²) in [6.45, 7) is 3.14. The second kappa shape index (κ2) is 2.69. The first-order valence-corrected chi connectivity index (χ1v) is 3.22. The maximum atomic E-state index is 10.8. The number of hydrogen-bond donors (Lipinski definition) is 1. The van der Waals surface area contributed by atoms with Gasteiger partial charge < -0.3 is 0 Å². The van der Waals surface area contributed by atoms with Gasteiger partial charge in [0.2, 0.25) is 5.91 Å². The SMILES string of the molecule is CC(=O)N1CC(=O)NN=C1C. The van der Waals surface area contributed by atoms with Crippen LogP contribution in [0.1, 0.15) is 13.8 Å². The second-order valence-corrected chi connectivity index (χ2v) is 2.30. The average molecular weight is 155 g/mol. The molecule has 0 saturated heterocycles.